The van der Waals surface area contributed by atoms with E-state index in [0.717, 1.165) is 54.6 Å². The number of anilines is 2. The SMILES string of the molecule is CCCN(CC1CC1)c1nc(NCC)nc2ccccc12. The molecule has 1 fully saturated rings. The van der Waals surface area contributed by atoms with Gasteiger partial charge in [-0.25, -0.2) is 4.98 Å². The topological polar surface area (TPSA) is 41.1 Å². The van der Waals surface area contributed by atoms with Gasteiger partial charge in [-0.1, -0.05) is 19.1 Å². The van der Waals surface area contributed by atoms with E-state index in [9.17, 15) is 0 Å². The third-order valence-corrected chi connectivity index (χ3v) is 3.89. The highest BCUT2D eigenvalue weighted by Crippen LogP contribution is 2.33. The zero-order valence-electron chi connectivity index (χ0n) is 13.0. The molecule has 0 atom stereocenters. The van der Waals surface area contributed by atoms with E-state index in [1.54, 1.807) is 0 Å². The molecule has 2 aromatic rings. The van der Waals surface area contributed by atoms with Gasteiger partial charge in [-0.2, -0.15) is 4.98 Å². The molecule has 21 heavy (non-hydrogen) atoms. The van der Waals surface area contributed by atoms with Crippen molar-refractivity contribution in [3.63, 3.8) is 0 Å². The lowest BCUT2D eigenvalue weighted by atomic mass is 10.2. The second kappa shape index (κ2) is 6.29. The van der Waals surface area contributed by atoms with Crippen molar-refractivity contribution in [1.82, 2.24) is 9.97 Å². The molecule has 0 unspecified atom stereocenters. The van der Waals surface area contributed by atoms with E-state index in [-0.39, 0.29) is 0 Å². The fraction of sp³-hybridized carbons (Fsp3) is 0.529. The van der Waals surface area contributed by atoms with Gasteiger partial charge in [0.2, 0.25) is 5.95 Å². The van der Waals surface area contributed by atoms with Crippen LogP contribution in [-0.4, -0.2) is 29.6 Å². The molecule has 1 aromatic heterocycles. The Morgan fingerprint density at radius 2 is 2.00 bits per heavy atom. The van der Waals surface area contributed by atoms with Crippen molar-refractivity contribution in [3.8, 4) is 0 Å². The number of hydrogen-bond donors (Lipinski definition) is 1. The van der Waals surface area contributed by atoms with Crippen LogP contribution in [0.3, 0.4) is 0 Å². The molecule has 0 radical (unpaired) electrons. The van der Waals surface area contributed by atoms with E-state index in [2.05, 4.69) is 47.2 Å². The quantitative estimate of drug-likeness (QED) is 0.842. The first kappa shape index (κ1) is 14.1. The molecule has 1 saturated carbocycles. The number of fused-ring (bicyclic) bond motifs is 1. The van der Waals surface area contributed by atoms with Crippen LogP contribution in [0, 0.1) is 5.92 Å². The van der Waals surface area contributed by atoms with Crippen LogP contribution in [0.25, 0.3) is 10.9 Å². The molecule has 0 aliphatic heterocycles. The van der Waals surface area contributed by atoms with Crippen LogP contribution in [-0.2, 0) is 0 Å². The number of aromatic nitrogens is 2. The van der Waals surface area contributed by atoms with Gasteiger partial charge in [0, 0.05) is 25.0 Å². The Bertz CT molecular complexity index is 607. The van der Waals surface area contributed by atoms with Crippen LogP contribution in [0.4, 0.5) is 11.8 Å². The van der Waals surface area contributed by atoms with E-state index in [1.165, 1.54) is 12.8 Å². The number of hydrogen-bond acceptors (Lipinski definition) is 4. The number of benzene rings is 1. The maximum Gasteiger partial charge on any atom is 0.225 e. The maximum atomic E-state index is 4.79. The largest absolute Gasteiger partial charge is 0.356 e. The summed E-state index contributed by atoms with van der Waals surface area (Å²) >= 11 is 0. The van der Waals surface area contributed by atoms with Crippen LogP contribution in [0.2, 0.25) is 0 Å². The lowest BCUT2D eigenvalue weighted by Gasteiger charge is -2.25. The van der Waals surface area contributed by atoms with Crippen molar-refractivity contribution in [3.05, 3.63) is 24.3 Å². The molecule has 1 aliphatic carbocycles. The van der Waals surface area contributed by atoms with Gasteiger partial charge in [-0.3, -0.25) is 0 Å². The van der Waals surface area contributed by atoms with Crippen LogP contribution in [0.1, 0.15) is 33.1 Å². The highest BCUT2D eigenvalue weighted by atomic mass is 15.2. The molecule has 3 rings (SSSR count). The second-order valence-electron chi connectivity index (χ2n) is 5.81. The number of para-hydroxylation sites is 1. The lowest BCUT2D eigenvalue weighted by molar-refractivity contribution is 0.701. The third-order valence-electron chi connectivity index (χ3n) is 3.89. The minimum absolute atomic E-state index is 0.739. The normalized spacial score (nSPS) is 14.4. The predicted octanol–water partition coefficient (Wildman–Crippen LogP) is 3.69. The highest BCUT2D eigenvalue weighted by molar-refractivity contribution is 5.90. The summed E-state index contributed by atoms with van der Waals surface area (Å²) in [5.74, 6) is 2.68. The smallest absolute Gasteiger partial charge is 0.225 e. The summed E-state index contributed by atoms with van der Waals surface area (Å²) < 4.78 is 0. The first-order valence-corrected chi connectivity index (χ1v) is 8.07. The molecule has 1 N–H and O–H groups in total. The van der Waals surface area contributed by atoms with Crippen LogP contribution in [0.5, 0.6) is 0 Å². The van der Waals surface area contributed by atoms with Crippen molar-refractivity contribution in [1.29, 1.82) is 0 Å². The van der Waals surface area contributed by atoms with Crippen molar-refractivity contribution in [2.75, 3.05) is 29.9 Å². The zero-order valence-corrected chi connectivity index (χ0v) is 13.0. The van der Waals surface area contributed by atoms with Gasteiger partial charge in [0.05, 0.1) is 5.52 Å². The second-order valence-corrected chi connectivity index (χ2v) is 5.81. The molecule has 4 heteroatoms. The Balaban J connectivity index is 2.03. The van der Waals surface area contributed by atoms with Gasteiger partial charge in [0.15, 0.2) is 0 Å². The standard InChI is InChI=1S/C17H24N4/c1-3-11-21(12-13-9-10-13)16-14-7-5-6-8-15(14)19-17(20-16)18-4-2/h5-8,13H,3-4,9-12H2,1-2H3,(H,18,19,20). The third kappa shape index (κ3) is 3.26. The Morgan fingerprint density at radius 3 is 2.71 bits per heavy atom. The Labute approximate surface area is 126 Å². The average Bonchev–Trinajstić information content (AvgIpc) is 3.30. The van der Waals surface area contributed by atoms with Gasteiger partial charge in [0.1, 0.15) is 5.82 Å². The van der Waals surface area contributed by atoms with Crippen LogP contribution >= 0.6 is 0 Å². The van der Waals surface area contributed by atoms with Gasteiger partial charge < -0.3 is 10.2 Å². The number of rotatable bonds is 7. The fourth-order valence-electron chi connectivity index (χ4n) is 2.70. The average molecular weight is 284 g/mol. The maximum absolute atomic E-state index is 4.79. The molecule has 0 spiro atoms. The van der Waals surface area contributed by atoms with Gasteiger partial charge in [-0.05, 0) is 44.2 Å². The zero-order chi connectivity index (χ0) is 14.7. The summed E-state index contributed by atoms with van der Waals surface area (Å²) in [4.78, 5) is 11.9. The molecule has 0 amide bonds. The summed E-state index contributed by atoms with van der Waals surface area (Å²) in [5.41, 5.74) is 1.02. The summed E-state index contributed by atoms with van der Waals surface area (Å²) in [6.45, 7) is 7.33. The summed E-state index contributed by atoms with van der Waals surface area (Å²) in [7, 11) is 0. The van der Waals surface area contributed by atoms with Crippen LogP contribution in [0.15, 0.2) is 24.3 Å². The van der Waals surface area contributed by atoms with Gasteiger partial charge in [-0.15, -0.1) is 0 Å². The first-order chi connectivity index (χ1) is 10.3. The van der Waals surface area contributed by atoms with Crippen molar-refractivity contribution >= 4 is 22.7 Å². The minimum atomic E-state index is 0.739. The number of nitrogens with one attached hydrogen (secondary N) is 1. The molecule has 1 aliphatic rings. The van der Waals surface area contributed by atoms with Crippen LogP contribution < -0.4 is 10.2 Å². The first-order valence-electron chi connectivity index (χ1n) is 8.07. The van der Waals surface area contributed by atoms with Crippen molar-refractivity contribution in [2.24, 2.45) is 5.92 Å². The van der Waals surface area contributed by atoms with Crippen molar-refractivity contribution < 1.29 is 0 Å². The summed E-state index contributed by atoms with van der Waals surface area (Å²) in [6.07, 6.45) is 3.87. The van der Waals surface area contributed by atoms with Gasteiger partial charge >= 0.3 is 0 Å². The van der Waals surface area contributed by atoms with E-state index in [0.29, 0.717) is 0 Å². The summed E-state index contributed by atoms with van der Waals surface area (Å²) in [5, 5.41) is 4.42. The molecule has 0 saturated heterocycles. The van der Waals surface area contributed by atoms with E-state index in [1.807, 2.05) is 6.07 Å². The molecule has 1 aromatic carbocycles. The fourth-order valence-corrected chi connectivity index (χ4v) is 2.70. The van der Waals surface area contributed by atoms with Gasteiger partial charge in [0.25, 0.3) is 0 Å². The minimum Gasteiger partial charge on any atom is -0.356 e. The highest BCUT2D eigenvalue weighted by Gasteiger charge is 2.25. The monoisotopic (exact) mass is 284 g/mol. The molecule has 0 bridgehead atoms. The molecule has 4 nitrogen and oxygen atoms in total. The van der Waals surface area contributed by atoms with Crippen molar-refractivity contribution in [2.45, 2.75) is 33.1 Å². The lowest BCUT2D eigenvalue weighted by Crippen LogP contribution is -2.28. The van der Waals surface area contributed by atoms with E-state index < -0.39 is 0 Å². The Morgan fingerprint density at radius 1 is 1.19 bits per heavy atom. The van der Waals surface area contributed by atoms with E-state index in [4.69, 9.17) is 4.98 Å². The summed E-state index contributed by atoms with van der Waals surface area (Å²) in [6, 6.07) is 8.32. The number of nitrogens with zero attached hydrogens (tertiary/aromatic N) is 3. The molecule has 1 heterocycles. The Hall–Kier alpha value is -1.84. The van der Waals surface area contributed by atoms with E-state index >= 15 is 0 Å². The molecular weight excluding hydrogens is 260 g/mol. The predicted molar refractivity (Wildman–Crippen MR) is 88.9 cm³/mol. The molecule has 112 valence electrons. The Kier molecular flexibility index (Phi) is 4.23. The molecular formula is C17H24N4.